The van der Waals surface area contributed by atoms with Gasteiger partial charge in [0.2, 0.25) is 0 Å². The maximum atomic E-state index is 5.28. The van der Waals surface area contributed by atoms with E-state index in [0.29, 0.717) is 6.54 Å². The molecule has 0 amide bonds. The molecular weight excluding hydrogens is 344 g/mol. The second kappa shape index (κ2) is 6.62. The third-order valence-electron chi connectivity index (χ3n) is 3.12. The summed E-state index contributed by atoms with van der Waals surface area (Å²) in [5, 5.41) is 6.47. The Labute approximate surface area is 136 Å². The average molecular weight is 359 g/mol. The Morgan fingerprint density at radius 3 is 2.77 bits per heavy atom. The molecule has 0 spiro atoms. The summed E-state index contributed by atoms with van der Waals surface area (Å²) in [7, 11) is 0. The predicted molar refractivity (Wildman–Crippen MR) is 90.2 cm³/mol. The van der Waals surface area contributed by atoms with Gasteiger partial charge >= 0.3 is 0 Å². The van der Waals surface area contributed by atoms with Crippen molar-refractivity contribution in [2.75, 3.05) is 10.6 Å². The van der Waals surface area contributed by atoms with E-state index in [1.807, 2.05) is 37.3 Å². The van der Waals surface area contributed by atoms with Crippen LogP contribution in [0.5, 0.6) is 0 Å². The molecule has 0 aliphatic heterocycles. The highest BCUT2D eigenvalue weighted by Crippen LogP contribution is 2.22. The molecule has 0 unspecified atom stereocenters. The van der Waals surface area contributed by atoms with Gasteiger partial charge in [0.05, 0.1) is 12.8 Å². The summed E-state index contributed by atoms with van der Waals surface area (Å²) in [4.78, 5) is 8.44. The first-order valence-corrected chi connectivity index (χ1v) is 7.61. The molecule has 2 N–H and O–H groups in total. The Kier molecular flexibility index (Phi) is 4.39. The fourth-order valence-electron chi connectivity index (χ4n) is 1.98. The lowest BCUT2D eigenvalue weighted by molar-refractivity contribution is 0.518. The van der Waals surface area contributed by atoms with Crippen LogP contribution in [-0.2, 0) is 6.54 Å². The molecule has 0 aliphatic carbocycles. The minimum atomic E-state index is 0.584. The van der Waals surface area contributed by atoms with Gasteiger partial charge in [0, 0.05) is 16.2 Å². The highest BCUT2D eigenvalue weighted by molar-refractivity contribution is 9.10. The normalized spacial score (nSPS) is 10.5. The molecule has 3 rings (SSSR count). The number of nitrogens with one attached hydrogen (secondary N) is 2. The predicted octanol–water partition coefficient (Wildman–Crippen LogP) is 4.50. The van der Waals surface area contributed by atoms with E-state index in [-0.39, 0.29) is 0 Å². The molecular formula is C16H15BrN4O. The van der Waals surface area contributed by atoms with Gasteiger partial charge in [-0.1, -0.05) is 15.9 Å². The van der Waals surface area contributed by atoms with Gasteiger partial charge in [0.15, 0.2) is 0 Å². The van der Waals surface area contributed by atoms with Gasteiger partial charge in [-0.2, -0.15) is 0 Å². The Morgan fingerprint density at radius 1 is 1.14 bits per heavy atom. The van der Waals surface area contributed by atoms with Crippen LogP contribution in [0.1, 0.15) is 11.3 Å². The Morgan fingerprint density at radius 2 is 2.00 bits per heavy atom. The number of hydrogen-bond donors (Lipinski definition) is 2. The van der Waals surface area contributed by atoms with E-state index in [2.05, 4.69) is 42.6 Å². The van der Waals surface area contributed by atoms with Gasteiger partial charge in [0.25, 0.3) is 0 Å². The zero-order valence-electron chi connectivity index (χ0n) is 12.0. The molecule has 2 aromatic heterocycles. The van der Waals surface area contributed by atoms with E-state index in [0.717, 1.165) is 33.1 Å². The van der Waals surface area contributed by atoms with Crippen LogP contribution < -0.4 is 10.6 Å². The topological polar surface area (TPSA) is 63.0 Å². The lowest BCUT2D eigenvalue weighted by atomic mass is 10.2. The standard InChI is InChI=1S/C16H15BrN4O/c1-11-7-12(4-5-14(11)17)21-16-8-15(19-10-20-16)18-9-13-3-2-6-22-13/h2-8,10H,9H2,1H3,(H2,18,19,20,21). The Hall–Kier alpha value is -2.34. The second-order valence-corrected chi connectivity index (χ2v) is 5.66. The lowest BCUT2D eigenvalue weighted by Gasteiger charge is -2.09. The highest BCUT2D eigenvalue weighted by atomic mass is 79.9. The Bertz CT molecular complexity index is 759. The van der Waals surface area contributed by atoms with Crippen LogP contribution >= 0.6 is 15.9 Å². The third-order valence-corrected chi connectivity index (χ3v) is 4.01. The summed E-state index contributed by atoms with van der Waals surface area (Å²) in [5.74, 6) is 2.33. The first kappa shape index (κ1) is 14.6. The van der Waals surface area contributed by atoms with Crippen molar-refractivity contribution in [1.82, 2.24) is 9.97 Å². The minimum absolute atomic E-state index is 0.584. The summed E-state index contributed by atoms with van der Waals surface area (Å²) < 4.78 is 6.36. The van der Waals surface area contributed by atoms with Crippen LogP contribution in [0.2, 0.25) is 0 Å². The van der Waals surface area contributed by atoms with Crippen molar-refractivity contribution in [2.24, 2.45) is 0 Å². The van der Waals surface area contributed by atoms with Crippen molar-refractivity contribution in [1.29, 1.82) is 0 Å². The fraction of sp³-hybridized carbons (Fsp3) is 0.125. The molecule has 0 saturated heterocycles. The van der Waals surface area contributed by atoms with E-state index >= 15 is 0 Å². The number of aromatic nitrogens is 2. The first-order valence-electron chi connectivity index (χ1n) is 6.82. The summed E-state index contributed by atoms with van der Waals surface area (Å²) in [6.45, 7) is 2.63. The third kappa shape index (κ3) is 3.65. The van der Waals surface area contributed by atoms with Crippen molar-refractivity contribution < 1.29 is 4.42 Å². The number of furan rings is 1. The molecule has 0 atom stereocenters. The highest BCUT2D eigenvalue weighted by Gasteiger charge is 2.02. The lowest BCUT2D eigenvalue weighted by Crippen LogP contribution is -2.02. The van der Waals surface area contributed by atoms with Gasteiger partial charge in [0.1, 0.15) is 23.7 Å². The molecule has 5 nitrogen and oxygen atoms in total. The monoisotopic (exact) mass is 358 g/mol. The molecule has 6 heteroatoms. The van der Waals surface area contributed by atoms with E-state index < -0.39 is 0 Å². The molecule has 0 saturated carbocycles. The number of rotatable bonds is 5. The van der Waals surface area contributed by atoms with E-state index in [1.54, 1.807) is 6.26 Å². The minimum Gasteiger partial charge on any atom is -0.467 e. The van der Waals surface area contributed by atoms with E-state index in [1.165, 1.54) is 6.33 Å². The van der Waals surface area contributed by atoms with Crippen LogP contribution in [0.15, 0.2) is 57.9 Å². The van der Waals surface area contributed by atoms with Crippen molar-refractivity contribution >= 4 is 33.3 Å². The first-order chi connectivity index (χ1) is 10.7. The summed E-state index contributed by atoms with van der Waals surface area (Å²) in [6, 6.07) is 11.7. The molecule has 2 heterocycles. The maximum absolute atomic E-state index is 5.28. The zero-order chi connectivity index (χ0) is 15.4. The van der Waals surface area contributed by atoms with Crippen LogP contribution in [-0.4, -0.2) is 9.97 Å². The number of anilines is 3. The smallest absolute Gasteiger partial charge is 0.135 e. The molecule has 0 bridgehead atoms. The number of hydrogen-bond acceptors (Lipinski definition) is 5. The van der Waals surface area contributed by atoms with Crippen molar-refractivity contribution in [2.45, 2.75) is 13.5 Å². The molecule has 3 aromatic rings. The van der Waals surface area contributed by atoms with E-state index in [4.69, 9.17) is 4.42 Å². The van der Waals surface area contributed by atoms with Crippen LogP contribution in [0.25, 0.3) is 0 Å². The maximum Gasteiger partial charge on any atom is 0.135 e. The number of halogens is 1. The molecule has 1 aromatic carbocycles. The summed E-state index contributed by atoms with van der Waals surface area (Å²) in [5.41, 5.74) is 2.15. The SMILES string of the molecule is Cc1cc(Nc2cc(NCc3ccco3)ncn2)ccc1Br. The molecule has 0 fully saturated rings. The quantitative estimate of drug-likeness (QED) is 0.703. The summed E-state index contributed by atoms with van der Waals surface area (Å²) in [6.07, 6.45) is 3.18. The number of nitrogens with zero attached hydrogens (tertiary/aromatic N) is 2. The molecule has 0 radical (unpaired) electrons. The summed E-state index contributed by atoms with van der Waals surface area (Å²) >= 11 is 3.49. The second-order valence-electron chi connectivity index (χ2n) is 4.81. The van der Waals surface area contributed by atoms with Gasteiger partial charge in [-0.05, 0) is 42.8 Å². The van der Waals surface area contributed by atoms with Gasteiger partial charge < -0.3 is 15.1 Å². The van der Waals surface area contributed by atoms with Crippen LogP contribution in [0.4, 0.5) is 17.3 Å². The fourth-order valence-corrected chi connectivity index (χ4v) is 2.23. The van der Waals surface area contributed by atoms with Gasteiger partial charge in [-0.25, -0.2) is 9.97 Å². The van der Waals surface area contributed by atoms with Crippen LogP contribution in [0.3, 0.4) is 0 Å². The molecule has 0 aliphatic rings. The van der Waals surface area contributed by atoms with Crippen molar-refractivity contribution in [3.05, 3.63) is 64.8 Å². The van der Waals surface area contributed by atoms with Gasteiger partial charge in [-0.15, -0.1) is 0 Å². The Balaban J connectivity index is 1.69. The zero-order valence-corrected chi connectivity index (χ0v) is 13.6. The largest absolute Gasteiger partial charge is 0.467 e. The van der Waals surface area contributed by atoms with Crippen LogP contribution in [0, 0.1) is 6.92 Å². The van der Waals surface area contributed by atoms with E-state index in [9.17, 15) is 0 Å². The average Bonchev–Trinajstić information content (AvgIpc) is 3.03. The molecule has 112 valence electrons. The number of benzene rings is 1. The molecule has 22 heavy (non-hydrogen) atoms. The van der Waals surface area contributed by atoms with Crippen molar-refractivity contribution in [3.8, 4) is 0 Å². The van der Waals surface area contributed by atoms with Crippen molar-refractivity contribution in [3.63, 3.8) is 0 Å². The number of aryl methyl sites for hydroxylation is 1. The van der Waals surface area contributed by atoms with Gasteiger partial charge in [-0.3, -0.25) is 0 Å².